The SMILES string of the molecule is CCCc1nc(COc2ccc3c(c2)CCCC3N)no1. The number of aromatic nitrogens is 2. The van der Waals surface area contributed by atoms with Crippen LogP contribution in [0.5, 0.6) is 5.75 Å². The zero-order chi connectivity index (χ0) is 14.7. The van der Waals surface area contributed by atoms with Crippen molar-refractivity contribution < 1.29 is 9.26 Å². The molecule has 21 heavy (non-hydrogen) atoms. The Balaban J connectivity index is 1.65. The molecule has 112 valence electrons. The Morgan fingerprint density at radius 1 is 1.43 bits per heavy atom. The number of benzene rings is 1. The first-order valence-corrected chi connectivity index (χ1v) is 7.59. The molecule has 1 aliphatic rings. The van der Waals surface area contributed by atoms with E-state index < -0.39 is 0 Å². The van der Waals surface area contributed by atoms with Crippen molar-refractivity contribution in [2.24, 2.45) is 5.73 Å². The molecule has 1 aromatic carbocycles. The largest absolute Gasteiger partial charge is 0.485 e. The normalized spacial score (nSPS) is 17.5. The number of nitrogens with two attached hydrogens (primary N) is 1. The van der Waals surface area contributed by atoms with E-state index in [-0.39, 0.29) is 6.04 Å². The third-order valence-electron chi connectivity index (χ3n) is 3.82. The number of fused-ring (bicyclic) bond motifs is 1. The lowest BCUT2D eigenvalue weighted by atomic mass is 9.88. The van der Waals surface area contributed by atoms with Crippen LogP contribution in [0.2, 0.25) is 0 Å². The Kier molecular flexibility index (Phi) is 4.20. The molecule has 0 saturated heterocycles. The molecule has 0 fully saturated rings. The second-order valence-electron chi connectivity index (χ2n) is 5.50. The average molecular weight is 287 g/mol. The predicted octanol–water partition coefficient (Wildman–Crippen LogP) is 2.94. The van der Waals surface area contributed by atoms with Crippen LogP contribution in [0, 0.1) is 0 Å². The van der Waals surface area contributed by atoms with E-state index in [1.165, 1.54) is 11.1 Å². The highest BCUT2D eigenvalue weighted by molar-refractivity contribution is 5.38. The monoisotopic (exact) mass is 287 g/mol. The summed E-state index contributed by atoms with van der Waals surface area (Å²) in [4.78, 5) is 4.29. The van der Waals surface area contributed by atoms with Crippen molar-refractivity contribution in [2.45, 2.75) is 51.7 Å². The fourth-order valence-corrected chi connectivity index (χ4v) is 2.73. The van der Waals surface area contributed by atoms with Gasteiger partial charge in [-0.25, -0.2) is 0 Å². The second kappa shape index (κ2) is 6.26. The summed E-state index contributed by atoms with van der Waals surface area (Å²) < 4.78 is 10.9. The van der Waals surface area contributed by atoms with E-state index in [9.17, 15) is 0 Å². The summed E-state index contributed by atoms with van der Waals surface area (Å²) in [7, 11) is 0. The zero-order valence-corrected chi connectivity index (χ0v) is 12.3. The van der Waals surface area contributed by atoms with Gasteiger partial charge in [0, 0.05) is 12.5 Å². The quantitative estimate of drug-likeness (QED) is 0.915. The Labute approximate surface area is 124 Å². The fourth-order valence-electron chi connectivity index (χ4n) is 2.73. The van der Waals surface area contributed by atoms with Crippen molar-refractivity contribution in [2.75, 3.05) is 0 Å². The lowest BCUT2D eigenvalue weighted by molar-refractivity contribution is 0.284. The maximum atomic E-state index is 6.12. The summed E-state index contributed by atoms with van der Waals surface area (Å²) in [5.74, 6) is 2.10. The summed E-state index contributed by atoms with van der Waals surface area (Å²) in [6, 6.07) is 6.29. The predicted molar refractivity (Wildman–Crippen MR) is 78.9 cm³/mol. The van der Waals surface area contributed by atoms with Crippen LogP contribution < -0.4 is 10.5 Å². The van der Waals surface area contributed by atoms with Crippen LogP contribution in [0.1, 0.15) is 55.1 Å². The van der Waals surface area contributed by atoms with Crippen LogP contribution in [0.3, 0.4) is 0 Å². The summed E-state index contributed by atoms with van der Waals surface area (Å²) in [6.45, 7) is 2.41. The number of aryl methyl sites for hydroxylation is 2. The van der Waals surface area contributed by atoms with Gasteiger partial charge in [0.05, 0.1) is 0 Å². The van der Waals surface area contributed by atoms with E-state index in [2.05, 4.69) is 29.2 Å². The van der Waals surface area contributed by atoms with E-state index in [4.69, 9.17) is 15.0 Å². The van der Waals surface area contributed by atoms with Crippen molar-refractivity contribution in [3.63, 3.8) is 0 Å². The van der Waals surface area contributed by atoms with Crippen molar-refractivity contribution in [3.05, 3.63) is 41.0 Å². The van der Waals surface area contributed by atoms with E-state index >= 15 is 0 Å². The van der Waals surface area contributed by atoms with Gasteiger partial charge < -0.3 is 15.0 Å². The van der Waals surface area contributed by atoms with Crippen LogP contribution in [0.25, 0.3) is 0 Å². The maximum absolute atomic E-state index is 6.12. The fraction of sp³-hybridized carbons (Fsp3) is 0.500. The van der Waals surface area contributed by atoms with Gasteiger partial charge in [0.25, 0.3) is 0 Å². The van der Waals surface area contributed by atoms with E-state index in [1.54, 1.807) is 0 Å². The van der Waals surface area contributed by atoms with Gasteiger partial charge in [-0.05, 0) is 48.9 Å². The first-order valence-electron chi connectivity index (χ1n) is 7.59. The van der Waals surface area contributed by atoms with Gasteiger partial charge in [-0.2, -0.15) is 4.98 Å². The topological polar surface area (TPSA) is 74.2 Å². The molecule has 0 radical (unpaired) electrons. The number of hydrogen-bond acceptors (Lipinski definition) is 5. The first-order chi connectivity index (χ1) is 10.3. The van der Waals surface area contributed by atoms with Gasteiger partial charge in [0.2, 0.25) is 11.7 Å². The van der Waals surface area contributed by atoms with Gasteiger partial charge >= 0.3 is 0 Å². The second-order valence-corrected chi connectivity index (χ2v) is 5.50. The van der Waals surface area contributed by atoms with Crippen LogP contribution in [-0.2, 0) is 19.4 Å². The molecule has 1 atom stereocenters. The standard InChI is InChI=1S/C16H21N3O2/c1-2-4-16-18-15(19-21-16)10-20-12-7-8-13-11(9-12)5-3-6-14(13)17/h7-9,14H,2-6,10,17H2,1H3. The molecule has 0 spiro atoms. The molecule has 0 bridgehead atoms. The Morgan fingerprint density at radius 3 is 3.19 bits per heavy atom. The zero-order valence-electron chi connectivity index (χ0n) is 12.3. The minimum absolute atomic E-state index is 0.164. The molecule has 5 nitrogen and oxygen atoms in total. The van der Waals surface area contributed by atoms with E-state index in [1.807, 2.05) is 6.07 Å². The van der Waals surface area contributed by atoms with Gasteiger partial charge in [-0.3, -0.25) is 0 Å². The summed E-state index contributed by atoms with van der Waals surface area (Å²) in [5.41, 5.74) is 8.67. The smallest absolute Gasteiger partial charge is 0.226 e. The Morgan fingerprint density at radius 2 is 2.33 bits per heavy atom. The lowest BCUT2D eigenvalue weighted by Gasteiger charge is -2.22. The molecular formula is C16H21N3O2. The molecule has 2 aromatic rings. The van der Waals surface area contributed by atoms with E-state index in [0.717, 1.165) is 37.9 Å². The number of ether oxygens (including phenoxy) is 1. The first kappa shape index (κ1) is 14.1. The lowest BCUT2D eigenvalue weighted by Crippen LogP contribution is -2.17. The minimum atomic E-state index is 0.164. The Hall–Kier alpha value is -1.88. The van der Waals surface area contributed by atoms with Crippen molar-refractivity contribution in [1.82, 2.24) is 10.1 Å². The third kappa shape index (κ3) is 3.24. The summed E-state index contributed by atoms with van der Waals surface area (Å²) in [6.07, 6.45) is 5.08. The highest BCUT2D eigenvalue weighted by Crippen LogP contribution is 2.30. The summed E-state index contributed by atoms with van der Waals surface area (Å²) >= 11 is 0. The van der Waals surface area contributed by atoms with Crippen molar-refractivity contribution >= 4 is 0 Å². The van der Waals surface area contributed by atoms with Crippen LogP contribution in [0.15, 0.2) is 22.7 Å². The molecule has 3 rings (SSSR count). The molecular weight excluding hydrogens is 266 g/mol. The van der Waals surface area contributed by atoms with Gasteiger partial charge in [0.15, 0.2) is 6.61 Å². The molecule has 5 heteroatoms. The average Bonchev–Trinajstić information content (AvgIpc) is 2.93. The van der Waals surface area contributed by atoms with Crippen LogP contribution >= 0.6 is 0 Å². The molecule has 0 amide bonds. The molecule has 1 aliphatic carbocycles. The summed E-state index contributed by atoms with van der Waals surface area (Å²) in [5, 5.41) is 3.92. The maximum Gasteiger partial charge on any atom is 0.226 e. The molecule has 0 aliphatic heterocycles. The van der Waals surface area contributed by atoms with E-state index in [0.29, 0.717) is 18.3 Å². The number of hydrogen-bond donors (Lipinski definition) is 1. The molecule has 1 aromatic heterocycles. The highest BCUT2D eigenvalue weighted by atomic mass is 16.5. The molecule has 1 heterocycles. The van der Waals surface area contributed by atoms with Crippen molar-refractivity contribution in [3.8, 4) is 5.75 Å². The van der Waals surface area contributed by atoms with Gasteiger partial charge in [-0.15, -0.1) is 0 Å². The Bertz CT molecular complexity index is 609. The van der Waals surface area contributed by atoms with Gasteiger partial charge in [-0.1, -0.05) is 18.1 Å². The van der Waals surface area contributed by atoms with Crippen LogP contribution in [-0.4, -0.2) is 10.1 Å². The molecule has 2 N–H and O–H groups in total. The number of rotatable bonds is 5. The van der Waals surface area contributed by atoms with Gasteiger partial charge in [0.1, 0.15) is 5.75 Å². The van der Waals surface area contributed by atoms with Crippen LogP contribution in [0.4, 0.5) is 0 Å². The highest BCUT2D eigenvalue weighted by Gasteiger charge is 2.17. The molecule has 0 saturated carbocycles. The third-order valence-corrected chi connectivity index (χ3v) is 3.82. The minimum Gasteiger partial charge on any atom is -0.485 e. The van der Waals surface area contributed by atoms with Crippen molar-refractivity contribution in [1.29, 1.82) is 0 Å². The number of nitrogens with zero attached hydrogens (tertiary/aromatic N) is 2. The molecule has 1 unspecified atom stereocenters.